The molecule has 0 aliphatic carbocycles. The van der Waals surface area contributed by atoms with E-state index in [1.54, 1.807) is 6.92 Å². The van der Waals surface area contributed by atoms with Crippen molar-refractivity contribution in [1.82, 2.24) is 4.90 Å². The van der Waals surface area contributed by atoms with Crippen molar-refractivity contribution in [3.8, 4) is 0 Å². The summed E-state index contributed by atoms with van der Waals surface area (Å²) in [4.78, 5) is 14.7. The topological polar surface area (TPSA) is 46.3 Å². The average Bonchev–Trinajstić information content (AvgIpc) is 2.43. The van der Waals surface area contributed by atoms with Gasteiger partial charge in [-0.3, -0.25) is 4.79 Å². The van der Waals surface area contributed by atoms with Crippen LogP contribution in [-0.4, -0.2) is 23.4 Å². The molecule has 1 unspecified atom stereocenters. The molecular formula is C17H28N2O. The second-order valence-corrected chi connectivity index (χ2v) is 5.87. The lowest BCUT2D eigenvalue weighted by Crippen LogP contribution is -2.53. The maximum atomic E-state index is 12.8. The van der Waals surface area contributed by atoms with Crippen molar-refractivity contribution >= 4 is 5.91 Å². The number of unbranched alkanes of at least 4 members (excludes halogenated alkanes) is 2. The summed E-state index contributed by atoms with van der Waals surface area (Å²) in [5.41, 5.74) is 6.24. The number of nitrogens with two attached hydrogens (primary N) is 1. The van der Waals surface area contributed by atoms with E-state index in [2.05, 4.69) is 6.92 Å². The van der Waals surface area contributed by atoms with Gasteiger partial charge >= 0.3 is 0 Å². The van der Waals surface area contributed by atoms with Crippen LogP contribution in [0.25, 0.3) is 0 Å². The number of rotatable bonds is 7. The minimum Gasteiger partial charge on any atom is -0.338 e. The summed E-state index contributed by atoms with van der Waals surface area (Å²) in [5, 5.41) is 0. The molecule has 1 atom stereocenters. The normalized spacial score (nSPS) is 14.1. The Morgan fingerprint density at radius 2 is 1.85 bits per heavy atom. The van der Waals surface area contributed by atoms with Crippen LogP contribution in [0, 0.1) is 0 Å². The average molecular weight is 276 g/mol. The van der Waals surface area contributed by atoms with E-state index in [4.69, 9.17) is 5.73 Å². The first-order valence-corrected chi connectivity index (χ1v) is 7.56. The molecule has 0 spiro atoms. The zero-order valence-corrected chi connectivity index (χ0v) is 13.2. The number of benzene rings is 1. The molecule has 0 fully saturated rings. The molecule has 0 aliphatic rings. The highest BCUT2D eigenvalue weighted by Crippen LogP contribution is 2.22. The van der Waals surface area contributed by atoms with Crippen molar-refractivity contribution in [3.05, 3.63) is 35.9 Å². The van der Waals surface area contributed by atoms with Gasteiger partial charge in [-0.15, -0.1) is 0 Å². The van der Waals surface area contributed by atoms with E-state index in [-0.39, 0.29) is 11.9 Å². The van der Waals surface area contributed by atoms with Gasteiger partial charge < -0.3 is 10.6 Å². The van der Waals surface area contributed by atoms with E-state index in [1.807, 2.05) is 49.1 Å². The first-order chi connectivity index (χ1) is 9.41. The van der Waals surface area contributed by atoms with Crippen molar-refractivity contribution in [3.63, 3.8) is 0 Å². The summed E-state index contributed by atoms with van der Waals surface area (Å²) in [6.07, 6.45) is 3.33. The van der Waals surface area contributed by atoms with Gasteiger partial charge in [0.1, 0.15) is 5.54 Å². The van der Waals surface area contributed by atoms with Crippen LogP contribution in [0.15, 0.2) is 30.3 Å². The minimum absolute atomic E-state index is 0.00908. The summed E-state index contributed by atoms with van der Waals surface area (Å²) >= 11 is 0. The van der Waals surface area contributed by atoms with Crippen LogP contribution >= 0.6 is 0 Å². The Bertz CT molecular complexity index is 412. The van der Waals surface area contributed by atoms with Crippen LogP contribution in [-0.2, 0) is 10.3 Å². The zero-order chi connectivity index (χ0) is 15.2. The summed E-state index contributed by atoms with van der Waals surface area (Å²) in [5.74, 6) is 0.00908. The molecule has 112 valence electrons. The fraction of sp³-hybridized carbons (Fsp3) is 0.588. The molecule has 0 aromatic heterocycles. The van der Waals surface area contributed by atoms with Crippen molar-refractivity contribution in [2.45, 2.75) is 58.5 Å². The highest BCUT2D eigenvalue weighted by Gasteiger charge is 2.35. The molecule has 1 amide bonds. The Balaban J connectivity index is 2.88. The van der Waals surface area contributed by atoms with Gasteiger partial charge in [0.15, 0.2) is 0 Å². The molecule has 1 aromatic rings. The van der Waals surface area contributed by atoms with Crippen LogP contribution in [0.1, 0.15) is 52.5 Å². The number of hydrogen-bond donors (Lipinski definition) is 1. The lowest BCUT2D eigenvalue weighted by Gasteiger charge is -2.35. The van der Waals surface area contributed by atoms with Crippen LogP contribution in [0.2, 0.25) is 0 Å². The van der Waals surface area contributed by atoms with Crippen molar-refractivity contribution in [2.24, 2.45) is 5.73 Å². The Labute approximate surface area is 123 Å². The molecule has 1 rings (SSSR count). The van der Waals surface area contributed by atoms with E-state index >= 15 is 0 Å². The minimum atomic E-state index is -0.961. The SMILES string of the molecule is CCCCCN(C(=O)C(C)(N)c1ccccc1)C(C)C. The maximum absolute atomic E-state index is 12.8. The van der Waals surface area contributed by atoms with Gasteiger partial charge in [0.2, 0.25) is 5.91 Å². The van der Waals surface area contributed by atoms with Gasteiger partial charge in [-0.1, -0.05) is 50.1 Å². The van der Waals surface area contributed by atoms with Gasteiger partial charge in [0.25, 0.3) is 0 Å². The van der Waals surface area contributed by atoms with E-state index in [1.165, 1.54) is 0 Å². The summed E-state index contributed by atoms with van der Waals surface area (Å²) in [7, 11) is 0. The first kappa shape index (κ1) is 16.7. The largest absolute Gasteiger partial charge is 0.338 e. The van der Waals surface area contributed by atoms with Gasteiger partial charge in [0, 0.05) is 12.6 Å². The first-order valence-electron chi connectivity index (χ1n) is 7.56. The number of amides is 1. The fourth-order valence-electron chi connectivity index (χ4n) is 2.33. The van der Waals surface area contributed by atoms with Crippen LogP contribution < -0.4 is 5.73 Å². The second kappa shape index (κ2) is 7.44. The van der Waals surface area contributed by atoms with E-state index in [9.17, 15) is 4.79 Å². The molecule has 20 heavy (non-hydrogen) atoms. The van der Waals surface area contributed by atoms with E-state index < -0.39 is 5.54 Å². The smallest absolute Gasteiger partial charge is 0.247 e. The Morgan fingerprint density at radius 1 is 1.25 bits per heavy atom. The summed E-state index contributed by atoms with van der Waals surface area (Å²) in [6, 6.07) is 9.79. The molecule has 0 bridgehead atoms. The number of nitrogens with zero attached hydrogens (tertiary/aromatic N) is 1. The lowest BCUT2D eigenvalue weighted by atomic mass is 9.91. The van der Waals surface area contributed by atoms with Gasteiger partial charge in [-0.25, -0.2) is 0 Å². The maximum Gasteiger partial charge on any atom is 0.247 e. The van der Waals surface area contributed by atoms with Crippen LogP contribution in [0.4, 0.5) is 0 Å². The highest BCUT2D eigenvalue weighted by molar-refractivity contribution is 5.87. The fourth-order valence-corrected chi connectivity index (χ4v) is 2.33. The molecule has 2 N–H and O–H groups in total. The standard InChI is InChI=1S/C17H28N2O/c1-5-6-10-13-19(14(2)3)16(20)17(4,18)15-11-8-7-9-12-15/h7-9,11-12,14H,5-6,10,13,18H2,1-4H3. The Hall–Kier alpha value is -1.35. The monoisotopic (exact) mass is 276 g/mol. The van der Waals surface area contributed by atoms with Crippen molar-refractivity contribution in [1.29, 1.82) is 0 Å². The molecule has 0 heterocycles. The third kappa shape index (κ3) is 4.07. The molecule has 0 radical (unpaired) electrons. The van der Waals surface area contributed by atoms with Crippen LogP contribution in [0.3, 0.4) is 0 Å². The molecule has 0 saturated heterocycles. The van der Waals surface area contributed by atoms with Crippen molar-refractivity contribution < 1.29 is 4.79 Å². The molecule has 0 aliphatic heterocycles. The van der Waals surface area contributed by atoms with Gasteiger partial charge in [-0.05, 0) is 32.8 Å². The van der Waals surface area contributed by atoms with Crippen molar-refractivity contribution in [2.75, 3.05) is 6.54 Å². The number of carbonyl (C=O) groups is 1. The van der Waals surface area contributed by atoms with Crippen LogP contribution in [0.5, 0.6) is 0 Å². The quantitative estimate of drug-likeness (QED) is 0.777. The molecular weight excluding hydrogens is 248 g/mol. The Kier molecular flexibility index (Phi) is 6.21. The van der Waals surface area contributed by atoms with Gasteiger partial charge in [0.05, 0.1) is 0 Å². The lowest BCUT2D eigenvalue weighted by molar-refractivity contribution is -0.138. The predicted molar refractivity (Wildman–Crippen MR) is 84.4 cm³/mol. The van der Waals surface area contributed by atoms with Gasteiger partial charge in [-0.2, -0.15) is 0 Å². The second-order valence-electron chi connectivity index (χ2n) is 5.87. The third-order valence-electron chi connectivity index (χ3n) is 3.70. The predicted octanol–water partition coefficient (Wildman–Crippen LogP) is 3.29. The highest BCUT2D eigenvalue weighted by atomic mass is 16.2. The Morgan fingerprint density at radius 3 is 2.35 bits per heavy atom. The molecule has 1 aromatic carbocycles. The molecule has 3 nitrogen and oxygen atoms in total. The summed E-state index contributed by atoms with van der Waals surface area (Å²) < 4.78 is 0. The molecule has 0 saturated carbocycles. The third-order valence-corrected chi connectivity index (χ3v) is 3.70. The number of hydrogen-bond acceptors (Lipinski definition) is 2. The van der Waals surface area contributed by atoms with E-state index in [0.29, 0.717) is 0 Å². The number of carbonyl (C=O) groups excluding carboxylic acids is 1. The molecule has 3 heteroatoms. The van der Waals surface area contributed by atoms with E-state index in [0.717, 1.165) is 31.4 Å². The summed E-state index contributed by atoms with van der Waals surface area (Å²) in [6.45, 7) is 8.85. The zero-order valence-electron chi connectivity index (χ0n) is 13.2.